The predicted octanol–water partition coefficient (Wildman–Crippen LogP) is 2.80. The van der Waals surface area contributed by atoms with Crippen molar-refractivity contribution in [1.29, 1.82) is 0 Å². The van der Waals surface area contributed by atoms with Gasteiger partial charge in [0.2, 0.25) is 0 Å². The fourth-order valence-corrected chi connectivity index (χ4v) is 2.54. The minimum absolute atomic E-state index is 0.00291. The van der Waals surface area contributed by atoms with E-state index in [4.69, 9.17) is 5.11 Å². The Kier molecular flexibility index (Phi) is 3.15. The van der Waals surface area contributed by atoms with Crippen LogP contribution in [-0.4, -0.2) is 19.6 Å². The van der Waals surface area contributed by atoms with E-state index >= 15 is 0 Å². The second-order valence-electron chi connectivity index (χ2n) is 4.25. The Balaban J connectivity index is 1.90. The molecule has 4 nitrogen and oxygen atoms in total. The van der Waals surface area contributed by atoms with Crippen molar-refractivity contribution in [2.75, 3.05) is 0 Å². The first-order valence-corrected chi connectivity index (χ1v) is 6.81. The van der Waals surface area contributed by atoms with Gasteiger partial charge in [0, 0.05) is 22.8 Å². The molecule has 0 aliphatic rings. The molecule has 0 aliphatic carbocycles. The summed E-state index contributed by atoms with van der Waals surface area (Å²) < 4.78 is 1.99. The summed E-state index contributed by atoms with van der Waals surface area (Å²) in [6.45, 7) is 1.97. The molecule has 0 aliphatic heterocycles. The van der Waals surface area contributed by atoms with Gasteiger partial charge >= 0.3 is 0 Å². The van der Waals surface area contributed by atoms with Crippen molar-refractivity contribution in [2.24, 2.45) is 0 Å². The summed E-state index contributed by atoms with van der Waals surface area (Å²) in [5.41, 5.74) is 4.03. The Morgan fingerprint density at radius 2 is 2.05 bits per heavy atom. The molecule has 0 fully saturated rings. The van der Waals surface area contributed by atoms with E-state index in [1.165, 1.54) is 11.3 Å². The van der Waals surface area contributed by atoms with E-state index in [1.54, 1.807) is 6.33 Å². The Hall–Kier alpha value is -1.98. The van der Waals surface area contributed by atoms with Crippen molar-refractivity contribution in [3.8, 4) is 16.9 Å². The third kappa shape index (κ3) is 2.43. The molecule has 0 saturated carbocycles. The molecule has 1 aromatic carbocycles. The van der Waals surface area contributed by atoms with Gasteiger partial charge in [-0.1, -0.05) is 12.1 Å². The summed E-state index contributed by atoms with van der Waals surface area (Å²) >= 11 is 1.47. The second-order valence-corrected chi connectivity index (χ2v) is 5.20. The van der Waals surface area contributed by atoms with Crippen LogP contribution in [0.15, 0.2) is 42.2 Å². The standard InChI is InChI=1S/C14H13N3OS/c1-10-6-17(9-15-10)12-4-2-11(3-5-12)13-8-19-14(7-18)16-13/h2-6,8-9,18H,7H2,1H3. The van der Waals surface area contributed by atoms with Gasteiger partial charge in [0.1, 0.15) is 5.01 Å². The molecule has 0 bridgehead atoms. The number of aromatic nitrogens is 3. The van der Waals surface area contributed by atoms with Crippen LogP contribution < -0.4 is 0 Å². The molecular weight excluding hydrogens is 258 g/mol. The van der Waals surface area contributed by atoms with Gasteiger partial charge in [-0.25, -0.2) is 9.97 Å². The van der Waals surface area contributed by atoms with Crippen molar-refractivity contribution in [3.63, 3.8) is 0 Å². The second kappa shape index (κ2) is 4.95. The largest absolute Gasteiger partial charge is 0.389 e. The maximum atomic E-state index is 9.03. The number of rotatable bonds is 3. The van der Waals surface area contributed by atoms with E-state index in [0.29, 0.717) is 0 Å². The van der Waals surface area contributed by atoms with Crippen molar-refractivity contribution in [1.82, 2.24) is 14.5 Å². The number of nitrogens with zero attached hydrogens (tertiary/aromatic N) is 3. The lowest BCUT2D eigenvalue weighted by Gasteiger charge is -2.03. The monoisotopic (exact) mass is 271 g/mol. The Morgan fingerprint density at radius 1 is 1.26 bits per heavy atom. The number of thiazole rings is 1. The fraction of sp³-hybridized carbons (Fsp3) is 0.143. The van der Waals surface area contributed by atoms with Crippen LogP contribution in [0.2, 0.25) is 0 Å². The number of hydrogen-bond acceptors (Lipinski definition) is 4. The van der Waals surface area contributed by atoms with Gasteiger partial charge in [0.25, 0.3) is 0 Å². The van der Waals surface area contributed by atoms with Gasteiger partial charge in [-0.15, -0.1) is 11.3 Å². The summed E-state index contributed by atoms with van der Waals surface area (Å²) in [5, 5.41) is 11.7. The zero-order chi connectivity index (χ0) is 13.2. The van der Waals surface area contributed by atoms with Crippen LogP contribution >= 0.6 is 11.3 Å². The minimum atomic E-state index is -0.00291. The van der Waals surface area contributed by atoms with Crippen LogP contribution in [0.3, 0.4) is 0 Å². The molecule has 2 aromatic heterocycles. The average Bonchev–Trinajstić information content (AvgIpc) is 3.07. The highest BCUT2D eigenvalue weighted by molar-refractivity contribution is 7.09. The van der Waals surface area contributed by atoms with Gasteiger partial charge < -0.3 is 9.67 Å². The van der Waals surface area contributed by atoms with E-state index in [1.807, 2.05) is 47.3 Å². The number of benzene rings is 1. The number of imidazole rings is 1. The predicted molar refractivity (Wildman–Crippen MR) is 75.3 cm³/mol. The summed E-state index contributed by atoms with van der Waals surface area (Å²) in [6.07, 6.45) is 3.79. The minimum Gasteiger partial charge on any atom is -0.389 e. The van der Waals surface area contributed by atoms with Gasteiger partial charge in [-0.2, -0.15) is 0 Å². The van der Waals surface area contributed by atoms with Crippen molar-refractivity contribution < 1.29 is 5.11 Å². The first-order valence-electron chi connectivity index (χ1n) is 5.93. The molecule has 3 aromatic rings. The van der Waals surface area contributed by atoms with E-state index in [9.17, 15) is 0 Å². The molecule has 0 atom stereocenters. The summed E-state index contributed by atoms with van der Waals surface area (Å²) in [4.78, 5) is 8.57. The van der Waals surface area contributed by atoms with Crippen molar-refractivity contribution in [3.05, 3.63) is 52.9 Å². The zero-order valence-corrected chi connectivity index (χ0v) is 11.3. The van der Waals surface area contributed by atoms with E-state index in [0.717, 1.165) is 27.6 Å². The van der Waals surface area contributed by atoms with Crippen LogP contribution in [0.5, 0.6) is 0 Å². The summed E-state index contributed by atoms with van der Waals surface area (Å²) in [5.74, 6) is 0. The third-order valence-electron chi connectivity index (χ3n) is 2.86. The van der Waals surface area contributed by atoms with Crippen LogP contribution in [0, 0.1) is 6.92 Å². The number of aliphatic hydroxyl groups is 1. The fourth-order valence-electron chi connectivity index (χ4n) is 1.88. The highest BCUT2D eigenvalue weighted by atomic mass is 32.1. The molecule has 0 radical (unpaired) electrons. The molecule has 0 spiro atoms. The summed E-state index contributed by atoms with van der Waals surface area (Å²) in [6, 6.07) is 8.13. The molecule has 0 unspecified atom stereocenters. The maximum absolute atomic E-state index is 9.03. The van der Waals surface area contributed by atoms with E-state index < -0.39 is 0 Å². The SMILES string of the molecule is Cc1cn(-c2ccc(-c3csc(CO)n3)cc2)cn1. The topological polar surface area (TPSA) is 50.9 Å². The molecule has 19 heavy (non-hydrogen) atoms. The Labute approximate surface area is 115 Å². The molecule has 5 heteroatoms. The Bertz CT molecular complexity index is 685. The average molecular weight is 271 g/mol. The zero-order valence-electron chi connectivity index (χ0n) is 10.4. The third-order valence-corrected chi connectivity index (χ3v) is 3.69. The van der Waals surface area contributed by atoms with Crippen LogP contribution in [0.1, 0.15) is 10.7 Å². The molecule has 2 heterocycles. The number of aliphatic hydroxyl groups excluding tert-OH is 1. The van der Waals surface area contributed by atoms with Gasteiger partial charge in [-0.3, -0.25) is 0 Å². The lowest BCUT2D eigenvalue weighted by atomic mass is 10.1. The lowest BCUT2D eigenvalue weighted by Crippen LogP contribution is -1.89. The number of hydrogen-bond donors (Lipinski definition) is 1. The normalized spacial score (nSPS) is 10.8. The van der Waals surface area contributed by atoms with Crippen LogP contribution in [0.4, 0.5) is 0 Å². The van der Waals surface area contributed by atoms with Gasteiger partial charge in [0.05, 0.1) is 24.3 Å². The van der Waals surface area contributed by atoms with E-state index in [2.05, 4.69) is 9.97 Å². The maximum Gasteiger partial charge on any atom is 0.119 e. The van der Waals surface area contributed by atoms with Gasteiger partial charge in [-0.05, 0) is 19.1 Å². The highest BCUT2D eigenvalue weighted by Crippen LogP contribution is 2.23. The van der Waals surface area contributed by atoms with E-state index in [-0.39, 0.29) is 6.61 Å². The van der Waals surface area contributed by atoms with Crippen LogP contribution in [0.25, 0.3) is 16.9 Å². The first-order chi connectivity index (χ1) is 9.26. The smallest absolute Gasteiger partial charge is 0.119 e. The molecule has 96 valence electrons. The molecule has 1 N–H and O–H groups in total. The molecule has 0 saturated heterocycles. The number of aryl methyl sites for hydroxylation is 1. The van der Waals surface area contributed by atoms with Crippen molar-refractivity contribution >= 4 is 11.3 Å². The molecule has 0 amide bonds. The lowest BCUT2D eigenvalue weighted by molar-refractivity contribution is 0.281. The Morgan fingerprint density at radius 3 is 2.63 bits per heavy atom. The highest BCUT2D eigenvalue weighted by Gasteiger charge is 2.04. The van der Waals surface area contributed by atoms with Gasteiger partial charge in [0.15, 0.2) is 0 Å². The molecule has 3 rings (SSSR count). The quantitative estimate of drug-likeness (QED) is 0.797. The first kappa shape index (κ1) is 12.1. The summed E-state index contributed by atoms with van der Waals surface area (Å²) in [7, 11) is 0. The molecular formula is C14H13N3OS. The van der Waals surface area contributed by atoms with Crippen LogP contribution in [-0.2, 0) is 6.61 Å². The van der Waals surface area contributed by atoms with Crippen molar-refractivity contribution in [2.45, 2.75) is 13.5 Å².